The maximum Gasteiger partial charge on any atom is 0.320 e. The van der Waals surface area contributed by atoms with Crippen molar-refractivity contribution in [3.8, 4) is 0 Å². The summed E-state index contributed by atoms with van der Waals surface area (Å²) >= 11 is 1.68. The van der Waals surface area contributed by atoms with Crippen LogP contribution >= 0.6 is 11.8 Å². The molecule has 0 aromatic carbocycles. The monoisotopic (exact) mass is 205 g/mol. The van der Waals surface area contributed by atoms with Gasteiger partial charge in [-0.1, -0.05) is 13.3 Å². The zero-order valence-electron chi connectivity index (χ0n) is 8.38. The topological polar surface area (TPSA) is 49.3 Å². The van der Waals surface area contributed by atoms with E-state index >= 15 is 0 Å². The van der Waals surface area contributed by atoms with E-state index < -0.39 is 5.97 Å². The van der Waals surface area contributed by atoms with Gasteiger partial charge in [0, 0.05) is 0 Å². The molecule has 0 aromatic rings. The van der Waals surface area contributed by atoms with Gasteiger partial charge in [0.2, 0.25) is 0 Å². The molecular formula is C9H19NO2S. The highest BCUT2D eigenvalue weighted by Crippen LogP contribution is 2.01. The first kappa shape index (κ1) is 12.8. The molecule has 0 amide bonds. The van der Waals surface area contributed by atoms with Gasteiger partial charge in [-0.05, 0) is 31.4 Å². The average Bonchev–Trinajstić information content (AvgIpc) is 2.10. The zero-order valence-corrected chi connectivity index (χ0v) is 9.19. The predicted octanol–water partition coefficient (Wildman–Crippen LogP) is 1.58. The van der Waals surface area contributed by atoms with Gasteiger partial charge >= 0.3 is 5.97 Å². The molecule has 0 bridgehead atoms. The smallest absolute Gasteiger partial charge is 0.320 e. The van der Waals surface area contributed by atoms with Crippen LogP contribution in [0.3, 0.4) is 0 Å². The van der Waals surface area contributed by atoms with E-state index in [4.69, 9.17) is 5.11 Å². The zero-order chi connectivity index (χ0) is 10.1. The summed E-state index contributed by atoms with van der Waals surface area (Å²) in [7, 11) is 0. The third-order valence-electron chi connectivity index (χ3n) is 1.83. The van der Waals surface area contributed by atoms with Gasteiger partial charge in [0.1, 0.15) is 6.04 Å². The second kappa shape index (κ2) is 8.38. The number of carboxylic acids is 1. The second-order valence-corrected chi connectivity index (χ2v) is 3.97. The van der Waals surface area contributed by atoms with E-state index in [0.717, 1.165) is 25.1 Å². The Hall–Kier alpha value is -0.220. The largest absolute Gasteiger partial charge is 0.480 e. The maximum absolute atomic E-state index is 10.7. The fraction of sp³-hybridized carbons (Fsp3) is 0.889. The Kier molecular flexibility index (Phi) is 8.24. The first-order valence-electron chi connectivity index (χ1n) is 4.67. The molecule has 0 heterocycles. The molecule has 0 radical (unpaired) electrons. The van der Waals surface area contributed by atoms with Crippen molar-refractivity contribution in [1.29, 1.82) is 0 Å². The number of aliphatic carboxylic acids is 1. The lowest BCUT2D eigenvalue weighted by atomic mass is 10.2. The number of carbonyl (C=O) groups is 1. The molecule has 2 N–H and O–H groups in total. The molecule has 13 heavy (non-hydrogen) atoms. The van der Waals surface area contributed by atoms with Crippen LogP contribution in [-0.2, 0) is 4.79 Å². The minimum absolute atomic E-state index is 0.362. The molecule has 0 aliphatic heterocycles. The highest BCUT2D eigenvalue weighted by atomic mass is 32.2. The SMILES string of the molecule is CCCCN[C@@H](CCSC)C(=O)O. The molecule has 0 aromatic heterocycles. The van der Waals surface area contributed by atoms with Crippen molar-refractivity contribution < 1.29 is 9.90 Å². The molecule has 0 aliphatic rings. The fourth-order valence-corrected chi connectivity index (χ4v) is 1.47. The number of rotatable bonds is 8. The molecular weight excluding hydrogens is 186 g/mol. The summed E-state index contributed by atoms with van der Waals surface area (Å²) in [4.78, 5) is 10.7. The average molecular weight is 205 g/mol. The Balaban J connectivity index is 3.61. The Bertz CT molecular complexity index is 142. The first-order valence-corrected chi connectivity index (χ1v) is 6.06. The van der Waals surface area contributed by atoms with Gasteiger partial charge in [0.05, 0.1) is 0 Å². The Morgan fingerprint density at radius 2 is 2.31 bits per heavy atom. The number of nitrogens with one attached hydrogen (secondary N) is 1. The van der Waals surface area contributed by atoms with E-state index in [1.54, 1.807) is 11.8 Å². The van der Waals surface area contributed by atoms with Crippen LogP contribution in [0, 0.1) is 0 Å². The lowest BCUT2D eigenvalue weighted by molar-refractivity contribution is -0.139. The molecule has 78 valence electrons. The second-order valence-electron chi connectivity index (χ2n) is 2.98. The molecule has 0 rings (SSSR count). The lowest BCUT2D eigenvalue weighted by Gasteiger charge is -2.12. The quantitative estimate of drug-likeness (QED) is 0.591. The molecule has 0 fully saturated rings. The number of carboxylic acid groups (broad SMARTS) is 1. The van der Waals surface area contributed by atoms with E-state index in [9.17, 15) is 4.79 Å². The van der Waals surface area contributed by atoms with Gasteiger partial charge in [0.15, 0.2) is 0 Å². The van der Waals surface area contributed by atoms with E-state index in [2.05, 4.69) is 12.2 Å². The lowest BCUT2D eigenvalue weighted by Crippen LogP contribution is -2.37. The minimum atomic E-state index is -0.731. The maximum atomic E-state index is 10.7. The summed E-state index contributed by atoms with van der Waals surface area (Å²) in [5, 5.41) is 11.9. The van der Waals surface area contributed by atoms with E-state index in [0.29, 0.717) is 6.42 Å². The molecule has 0 spiro atoms. The predicted molar refractivity (Wildman–Crippen MR) is 57.3 cm³/mol. The Labute approximate surface area is 84.3 Å². The number of hydrogen-bond acceptors (Lipinski definition) is 3. The van der Waals surface area contributed by atoms with Crippen LogP contribution in [0.5, 0.6) is 0 Å². The van der Waals surface area contributed by atoms with Crippen LogP contribution in [-0.4, -0.2) is 35.7 Å². The van der Waals surface area contributed by atoms with Gasteiger partial charge in [-0.25, -0.2) is 0 Å². The third kappa shape index (κ3) is 6.90. The van der Waals surface area contributed by atoms with Gasteiger partial charge in [0.25, 0.3) is 0 Å². The van der Waals surface area contributed by atoms with Gasteiger partial charge in [-0.2, -0.15) is 11.8 Å². The van der Waals surface area contributed by atoms with Crippen LogP contribution in [0.15, 0.2) is 0 Å². The van der Waals surface area contributed by atoms with E-state index in [-0.39, 0.29) is 6.04 Å². The first-order chi connectivity index (χ1) is 6.22. The van der Waals surface area contributed by atoms with Crippen molar-refractivity contribution in [2.24, 2.45) is 0 Å². The summed E-state index contributed by atoms with van der Waals surface area (Å²) in [6.07, 6.45) is 4.84. The molecule has 4 heteroatoms. The number of unbranched alkanes of at least 4 members (excludes halogenated alkanes) is 1. The Morgan fingerprint density at radius 3 is 2.77 bits per heavy atom. The molecule has 0 aliphatic carbocycles. The van der Waals surface area contributed by atoms with Gasteiger partial charge in [-0.15, -0.1) is 0 Å². The summed E-state index contributed by atoms with van der Waals surface area (Å²) in [5.74, 6) is 0.168. The van der Waals surface area contributed by atoms with Gasteiger partial charge in [-0.3, -0.25) is 4.79 Å². The standard InChI is InChI=1S/C9H19NO2S/c1-3-4-6-10-8(9(11)12)5-7-13-2/h8,10H,3-7H2,1-2H3,(H,11,12)/t8-/m0/s1. The summed E-state index contributed by atoms with van der Waals surface area (Å²) < 4.78 is 0. The Morgan fingerprint density at radius 1 is 1.62 bits per heavy atom. The van der Waals surface area contributed by atoms with Crippen molar-refractivity contribution >= 4 is 17.7 Å². The van der Waals surface area contributed by atoms with Crippen LogP contribution in [0.4, 0.5) is 0 Å². The van der Waals surface area contributed by atoms with Crippen LogP contribution in [0.1, 0.15) is 26.2 Å². The summed E-state index contributed by atoms with van der Waals surface area (Å²) in [6, 6.07) is -0.362. The molecule has 0 saturated heterocycles. The van der Waals surface area contributed by atoms with Crippen LogP contribution < -0.4 is 5.32 Å². The van der Waals surface area contributed by atoms with Gasteiger partial charge < -0.3 is 10.4 Å². The fourth-order valence-electron chi connectivity index (χ4n) is 1.00. The van der Waals surface area contributed by atoms with Crippen molar-refractivity contribution in [3.05, 3.63) is 0 Å². The van der Waals surface area contributed by atoms with Crippen LogP contribution in [0.25, 0.3) is 0 Å². The number of thioether (sulfide) groups is 1. The normalized spacial score (nSPS) is 12.8. The van der Waals surface area contributed by atoms with E-state index in [1.165, 1.54) is 0 Å². The molecule has 0 saturated carbocycles. The van der Waals surface area contributed by atoms with Crippen molar-refractivity contribution in [2.75, 3.05) is 18.6 Å². The van der Waals surface area contributed by atoms with Crippen LogP contribution in [0.2, 0.25) is 0 Å². The highest BCUT2D eigenvalue weighted by Gasteiger charge is 2.14. The number of hydrogen-bond donors (Lipinski definition) is 2. The van der Waals surface area contributed by atoms with E-state index in [1.807, 2.05) is 6.26 Å². The minimum Gasteiger partial charge on any atom is -0.480 e. The highest BCUT2D eigenvalue weighted by molar-refractivity contribution is 7.98. The van der Waals surface area contributed by atoms with Crippen molar-refractivity contribution in [2.45, 2.75) is 32.2 Å². The summed E-state index contributed by atoms with van der Waals surface area (Å²) in [6.45, 7) is 2.90. The summed E-state index contributed by atoms with van der Waals surface area (Å²) in [5.41, 5.74) is 0. The molecule has 1 atom stereocenters. The van der Waals surface area contributed by atoms with Crippen molar-refractivity contribution in [1.82, 2.24) is 5.32 Å². The van der Waals surface area contributed by atoms with Crippen molar-refractivity contribution in [3.63, 3.8) is 0 Å². The third-order valence-corrected chi connectivity index (χ3v) is 2.47. The molecule has 3 nitrogen and oxygen atoms in total. The molecule has 0 unspecified atom stereocenters.